The predicted molar refractivity (Wildman–Crippen MR) is 135 cm³/mol. The van der Waals surface area contributed by atoms with Crippen molar-refractivity contribution in [3.8, 4) is 0 Å². The van der Waals surface area contributed by atoms with Crippen LogP contribution in [-0.4, -0.2) is 97.7 Å². The number of halogens is 2. The van der Waals surface area contributed by atoms with Gasteiger partial charge in [0.05, 0.1) is 12.7 Å². The fourth-order valence-electron chi connectivity index (χ4n) is 4.64. The Kier molecular flexibility index (Phi) is 6.21. The van der Waals surface area contributed by atoms with E-state index in [0.717, 1.165) is 31.6 Å². The molecule has 3 fully saturated rings. The summed E-state index contributed by atoms with van der Waals surface area (Å²) in [5, 5.41) is 13.0. The van der Waals surface area contributed by atoms with Crippen LogP contribution in [0.3, 0.4) is 0 Å². The van der Waals surface area contributed by atoms with Crippen LogP contribution in [0.1, 0.15) is 30.9 Å². The summed E-state index contributed by atoms with van der Waals surface area (Å²) in [6, 6.07) is 0.687. The molecule has 1 amide bonds. The van der Waals surface area contributed by atoms with Gasteiger partial charge in [-0.2, -0.15) is 20.1 Å². The first kappa shape index (κ1) is 24.3. The minimum Gasteiger partial charge on any atom is -0.338 e. The minimum atomic E-state index is -3.11. The number of amides is 1. The van der Waals surface area contributed by atoms with Gasteiger partial charge in [0, 0.05) is 62.7 Å². The highest BCUT2D eigenvalue weighted by Crippen LogP contribution is 2.40. The number of nitrogens with zero attached hydrogens (tertiary/aromatic N) is 9. The number of H-pyrrole nitrogens is 1. The third-order valence-corrected chi connectivity index (χ3v) is 6.90. The van der Waals surface area contributed by atoms with E-state index in [4.69, 9.17) is 0 Å². The van der Waals surface area contributed by atoms with Crippen LogP contribution in [0.4, 0.5) is 38.3 Å². The van der Waals surface area contributed by atoms with Crippen LogP contribution >= 0.6 is 0 Å². The lowest BCUT2D eigenvalue weighted by molar-refractivity contribution is -0.118. The lowest BCUT2D eigenvalue weighted by atomic mass is 10.2. The van der Waals surface area contributed by atoms with Crippen molar-refractivity contribution < 1.29 is 13.6 Å². The summed E-state index contributed by atoms with van der Waals surface area (Å²) < 4.78 is 29.4. The Labute approximate surface area is 217 Å². The second kappa shape index (κ2) is 9.70. The van der Waals surface area contributed by atoms with E-state index < -0.39 is 30.8 Å². The molecule has 6 rings (SSSR count). The van der Waals surface area contributed by atoms with E-state index in [0.29, 0.717) is 30.8 Å². The number of hydrogen-bond acceptors (Lipinski definition) is 11. The van der Waals surface area contributed by atoms with Gasteiger partial charge in [0.2, 0.25) is 23.8 Å². The molecule has 1 saturated carbocycles. The number of carbonyl (C=O) groups is 1. The molecule has 0 radical (unpaired) electrons. The molecular formula is C23H28F2N12O. The molecule has 13 nitrogen and oxygen atoms in total. The molecule has 3 aliphatic rings. The summed E-state index contributed by atoms with van der Waals surface area (Å²) in [5.74, 6) is -2.06. The summed E-state index contributed by atoms with van der Waals surface area (Å²) in [6.07, 6.45) is 5.77. The van der Waals surface area contributed by atoms with Crippen molar-refractivity contribution in [2.75, 3.05) is 60.2 Å². The molecule has 5 heterocycles. The Bertz CT molecular complexity index is 1290. The number of likely N-dealkylation sites (N-methyl/N-ethyl adjacent to an activating group) is 1. The van der Waals surface area contributed by atoms with E-state index in [2.05, 4.69) is 50.7 Å². The number of rotatable bonds is 7. The first-order valence-corrected chi connectivity index (χ1v) is 12.6. The second-order valence-corrected chi connectivity index (χ2v) is 9.94. The molecule has 0 unspecified atom stereocenters. The van der Waals surface area contributed by atoms with Crippen molar-refractivity contribution in [2.45, 2.75) is 37.1 Å². The van der Waals surface area contributed by atoms with Gasteiger partial charge in [0.15, 0.2) is 11.6 Å². The zero-order valence-corrected chi connectivity index (χ0v) is 20.8. The number of piperazine rings is 1. The van der Waals surface area contributed by atoms with E-state index in [1.165, 1.54) is 23.5 Å². The van der Waals surface area contributed by atoms with Crippen LogP contribution in [0.2, 0.25) is 0 Å². The summed E-state index contributed by atoms with van der Waals surface area (Å²) in [6.45, 7) is 2.24. The molecule has 1 atom stereocenters. The molecule has 3 aromatic heterocycles. The number of aromatic amines is 1. The van der Waals surface area contributed by atoms with Crippen LogP contribution in [0, 0.1) is 0 Å². The zero-order chi connectivity index (χ0) is 26.3. The number of hydrogen-bond donors (Lipinski definition) is 3. The van der Waals surface area contributed by atoms with Crippen molar-refractivity contribution in [3.05, 3.63) is 30.4 Å². The third-order valence-electron chi connectivity index (χ3n) is 6.90. The maximum Gasteiger partial charge on any atom is 0.267 e. The maximum absolute atomic E-state index is 14.7. The first-order valence-electron chi connectivity index (χ1n) is 12.6. The molecule has 0 bridgehead atoms. The quantitative estimate of drug-likeness (QED) is 0.413. The zero-order valence-electron chi connectivity index (χ0n) is 20.8. The van der Waals surface area contributed by atoms with Gasteiger partial charge in [-0.15, -0.1) is 0 Å². The van der Waals surface area contributed by atoms with Gasteiger partial charge >= 0.3 is 0 Å². The van der Waals surface area contributed by atoms with E-state index in [1.807, 2.05) is 18.0 Å². The van der Waals surface area contributed by atoms with Crippen LogP contribution in [0.25, 0.3) is 0 Å². The molecule has 1 aliphatic carbocycles. The molecule has 2 saturated heterocycles. The van der Waals surface area contributed by atoms with Gasteiger partial charge in [-0.05, 0) is 19.9 Å². The van der Waals surface area contributed by atoms with Crippen LogP contribution < -0.4 is 20.4 Å². The van der Waals surface area contributed by atoms with Crippen molar-refractivity contribution >= 4 is 35.4 Å². The Morgan fingerprint density at radius 2 is 1.87 bits per heavy atom. The van der Waals surface area contributed by atoms with Gasteiger partial charge in [-0.3, -0.25) is 14.9 Å². The monoisotopic (exact) mass is 526 g/mol. The van der Waals surface area contributed by atoms with Gasteiger partial charge in [0.25, 0.3) is 5.92 Å². The average Bonchev–Trinajstić information content (AvgIpc) is 3.56. The largest absolute Gasteiger partial charge is 0.338 e. The summed E-state index contributed by atoms with van der Waals surface area (Å²) in [7, 11) is 2.03. The van der Waals surface area contributed by atoms with E-state index in [-0.39, 0.29) is 17.7 Å². The van der Waals surface area contributed by atoms with E-state index in [1.54, 1.807) is 0 Å². The van der Waals surface area contributed by atoms with Crippen molar-refractivity contribution in [1.29, 1.82) is 0 Å². The Balaban J connectivity index is 1.31. The molecule has 200 valence electrons. The molecule has 0 aromatic carbocycles. The standard InChI is InChI=1S/C23H28F2N12O/c1-35-6-8-36(9-7-35)21-30-20(29-17-10-15(33-34-17)14-2-3-14)31-22(32-21)37-13-23(24,25)11-16(37)19(38)28-18-12-26-4-5-27-18/h4-5,10,12,14,16H,2-3,6-9,11,13H2,1H3,(H,27,28,38)(H2,29,30,31,32,33,34)/t16-/m0/s1. The fraction of sp³-hybridized carbons (Fsp3) is 0.522. The van der Waals surface area contributed by atoms with Gasteiger partial charge in [0.1, 0.15) is 6.04 Å². The van der Waals surface area contributed by atoms with Crippen LogP contribution in [0.5, 0.6) is 0 Å². The highest BCUT2D eigenvalue weighted by molar-refractivity contribution is 5.96. The van der Waals surface area contributed by atoms with Gasteiger partial charge in [-0.1, -0.05) is 0 Å². The van der Waals surface area contributed by atoms with Crippen molar-refractivity contribution in [3.63, 3.8) is 0 Å². The molecule has 38 heavy (non-hydrogen) atoms. The Hall–Kier alpha value is -4.01. The number of nitrogens with one attached hydrogen (secondary N) is 3. The average molecular weight is 527 g/mol. The second-order valence-electron chi connectivity index (χ2n) is 9.94. The third kappa shape index (κ3) is 5.32. The fourth-order valence-corrected chi connectivity index (χ4v) is 4.64. The molecule has 3 aromatic rings. The number of anilines is 5. The number of carbonyl (C=O) groups excluding carboxylic acids is 1. The smallest absolute Gasteiger partial charge is 0.267 e. The highest BCUT2D eigenvalue weighted by atomic mass is 19.3. The SMILES string of the molecule is CN1CCN(c2nc(Nc3cc(C4CC4)[nH]n3)nc(N3CC(F)(F)C[C@H]3C(=O)Nc3cnccn3)n2)CC1. The number of alkyl halides is 2. The lowest BCUT2D eigenvalue weighted by Crippen LogP contribution is -2.45. The summed E-state index contributed by atoms with van der Waals surface area (Å²) >= 11 is 0. The first-order chi connectivity index (χ1) is 18.3. The summed E-state index contributed by atoms with van der Waals surface area (Å²) in [4.78, 5) is 40.0. The summed E-state index contributed by atoms with van der Waals surface area (Å²) in [5.41, 5.74) is 1.03. The maximum atomic E-state index is 14.7. The molecule has 0 spiro atoms. The predicted octanol–water partition coefficient (Wildman–Crippen LogP) is 1.61. The minimum absolute atomic E-state index is 0.00847. The van der Waals surface area contributed by atoms with Crippen molar-refractivity contribution in [2.24, 2.45) is 0 Å². The molecular weight excluding hydrogens is 498 g/mol. The molecule has 15 heteroatoms. The van der Waals surface area contributed by atoms with Gasteiger partial charge < -0.3 is 25.3 Å². The normalized spacial score (nSPS) is 21.5. The molecule has 3 N–H and O–H groups in total. The highest BCUT2D eigenvalue weighted by Gasteiger charge is 2.49. The Morgan fingerprint density at radius 1 is 1.08 bits per heavy atom. The van der Waals surface area contributed by atoms with Crippen molar-refractivity contribution in [1.82, 2.24) is 40.0 Å². The lowest BCUT2D eigenvalue weighted by Gasteiger charge is -2.33. The van der Waals surface area contributed by atoms with E-state index in [9.17, 15) is 13.6 Å². The van der Waals surface area contributed by atoms with Crippen LogP contribution in [0.15, 0.2) is 24.7 Å². The van der Waals surface area contributed by atoms with Gasteiger partial charge in [-0.25, -0.2) is 13.8 Å². The van der Waals surface area contributed by atoms with E-state index >= 15 is 0 Å². The molecule has 2 aliphatic heterocycles. The topological polar surface area (TPSA) is 144 Å². The Morgan fingerprint density at radius 3 is 2.61 bits per heavy atom. The number of aromatic nitrogens is 7. The van der Waals surface area contributed by atoms with Crippen LogP contribution in [-0.2, 0) is 4.79 Å².